The molecule has 1 saturated heterocycles. The van der Waals surface area contributed by atoms with Crippen LogP contribution in [0.5, 0.6) is 0 Å². The first-order chi connectivity index (χ1) is 9.83. The lowest BCUT2D eigenvalue weighted by atomic mass is 9.68. The third kappa shape index (κ3) is 3.22. The lowest BCUT2D eigenvalue weighted by molar-refractivity contribution is -0.125. The zero-order chi connectivity index (χ0) is 13.8. The molecule has 3 rings (SSSR count). The van der Waals surface area contributed by atoms with Crippen LogP contribution in [0.1, 0.15) is 77.6 Å². The van der Waals surface area contributed by atoms with Crippen molar-refractivity contribution in [2.75, 3.05) is 13.2 Å². The van der Waals surface area contributed by atoms with Crippen molar-refractivity contribution in [3.05, 3.63) is 0 Å². The molecule has 3 fully saturated rings. The molecule has 0 aromatic carbocycles. The SMILES string of the molecule is CCCNC(C1CCC1)C1CCOC2(CCCCC2)C1. The first-order valence-corrected chi connectivity index (χ1v) is 9.20. The Morgan fingerprint density at radius 2 is 1.85 bits per heavy atom. The Bertz CT molecular complexity index is 288. The minimum atomic E-state index is 0.275. The maximum atomic E-state index is 6.29. The number of nitrogens with one attached hydrogen (secondary N) is 1. The van der Waals surface area contributed by atoms with Crippen LogP contribution in [0.15, 0.2) is 0 Å². The fourth-order valence-electron chi connectivity index (χ4n) is 4.74. The Balaban J connectivity index is 1.63. The second kappa shape index (κ2) is 6.79. The van der Waals surface area contributed by atoms with E-state index in [4.69, 9.17) is 4.74 Å². The molecule has 2 heteroatoms. The van der Waals surface area contributed by atoms with Crippen molar-refractivity contribution in [3.8, 4) is 0 Å². The highest BCUT2D eigenvalue weighted by atomic mass is 16.5. The second-order valence-corrected chi connectivity index (χ2v) is 7.52. The quantitative estimate of drug-likeness (QED) is 0.811. The van der Waals surface area contributed by atoms with Gasteiger partial charge in [-0.15, -0.1) is 0 Å². The van der Waals surface area contributed by atoms with E-state index in [0.717, 1.165) is 24.5 Å². The molecule has 1 aliphatic heterocycles. The zero-order valence-electron chi connectivity index (χ0n) is 13.3. The second-order valence-electron chi connectivity index (χ2n) is 7.52. The Morgan fingerprint density at radius 1 is 1.05 bits per heavy atom. The van der Waals surface area contributed by atoms with E-state index in [9.17, 15) is 0 Å². The molecule has 0 radical (unpaired) electrons. The standard InChI is InChI=1S/C18H33NO/c1-2-12-19-17(15-7-6-8-15)16-9-13-20-18(14-16)10-4-3-5-11-18/h15-17,19H,2-14H2,1H3. The molecular formula is C18H33NO. The van der Waals surface area contributed by atoms with Crippen molar-refractivity contribution in [1.29, 1.82) is 0 Å². The molecule has 2 nitrogen and oxygen atoms in total. The maximum absolute atomic E-state index is 6.29. The molecule has 1 N–H and O–H groups in total. The summed E-state index contributed by atoms with van der Waals surface area (Å²) in [6.45, 7) is 4.50. The van der Waals surface area contributed by atoms with E-state index in [1.807, 2.05) is 0 Å². The van der Waals surface area contributed by atoms with Crippen LogP contribution in [0, 0.1) is 11.8 Å². The van der Waals surface area contributed by atoms with Crippen LogP contribution in [-0.4, -0.2) is 24.8 Å². The van der Waals surface area contributed by atoms with Gasteiger partial charge in [0.15, 0.2) is 0 Å². The number of hydrogen-bond donors (Lipinski definition) is 1. The van der Waals surface area contributed by atoms with E-state index in [1.54, 1.807) is 0 Å². The number of hydrogen-bond acceptors (Lipinski definition) is 2. The lowest BCUT2D eigenvalue weighted by Crippen LogP contribution is -2.51. The van der Waals surface area contributed by atoms with E-state index in [2.05, 4.69) is 12.2 Å². The zero-order valence-corrected chi connectivity index (χ0v) is 13.3. The van der Waals surface area contributed by atoms with Gasteiger partial charge in [-0.05, 0) is 63.3 Å². The summed E-state index contributed by atoms with van der Waals surface area (Å²) in [6.07, 6.45) is 15.1. The average Bonchev–Trinajstić information content (AvgIpc) is 2.42. The van der Waals surface area contributed by atoms with Crippen LogP contribution in [0.4, 0.5) is 0 Å². The summed E-state index contributed by atoms with van der Waals surface area (Å²) in [4.78, 5) is 0. The minimum Gasteiger partial charge on any atom is -0.375 e. The summed E-state index contributed by atoms with van der Waals surface area (Å²) < 4.78 is 6.29. The molecule has 0 aromatic heterocycles. The van der Waals surface area contributed by atoms with Crippen molar-refractivity contribution in [1.82, 2.24) is 5.32 Å². The molecule has 116 valence electrons. The van der Waals surface area contributed by atoms with Crippen LogP contribution >= 0.6 is 0 Å². The van der Waals surface area contributed by atoms with Gasteiger partial charge in [0.1, 0.15) is 0 Å². The topological polar surface area (TPSA) is 21.3 Å². The molecule has 20 heavy (non-hydrogen) atoms. The summed E-state index contributed by atoms with van der Waals surface area (Å²) in [6, 6.07) is 0.784. The van der Waals surface area contributed by atoms with Crippen LogP contribution in [0.2, 0.25) is 0 Å². The van der Waals surface area contributed by atoms with Gasteiger partial charge in [-0.25, -0.2) is 0 Å². The van der Waals surface area contributed by atoms with Gasteiger partial charge in [0.2, 0.25) is 0 Å². The van der Waals surface area contributed by atoms with Gasteiger partial charge in [-0.1, -0.05) is 32.6 Å². The molecule has 2 aliphatic carbocycles. The van der Waals surface area contributed by atoms with Crippen LogP contribution in [0.25, 0.3) is 0 Å². The van der Waals surface area contributed by atoms with Gasteiger partial charge in [-0.2, -0.15) is 0 Å². The van der Waals surface area contributed by atoms with Crippen LogP contribution in [-0.2, 0) is 4.74 Å². The highest BCUT2D eigenvalue weighted by Crippen LogP contribution is 2.44. The van der Waals surface area contributed by atoms with Gasteiger partial charge >= 0.3 is 0 Å². The molecule has 2 atom stereocenters. The Morgan fingerprint density at radius 3 is 2.50 bits per heavy atom. The van der Waals surface area contributed by atoms with Gasteiger partial charge < -0.3 is 10.1 Å². The molecule has 2 unspecified atom stereocenters. The van der Waals surface area contributed by atoms with E-state index in [-0.39, 0.29) is 5.60 Å². The molecular weight excluding hydrogens is 246 g/mol. The molecule has 0 amide bonds. The fraction of sp³-hybridized carbons (Fsp3) is 1.00. The maximum Gasteiger partial charge on any atom is 0.0685 e. The van der Waals surface area contributed by atoms with Crippen molar-refractivity contribution >= 4 is 0 Å². The van der Waals surface area contributed by atoms with E-state index in [1.165, 1.54) is 77.2 Å². The predicted octanol–water partition coefficient (Wildman–Crippen LogP) is 4.28. The highest BCUT2D eigenvalue weighted by molar-refractivity contribution is 4.96. The molecule has 0 bridgehead atoms. The summed E-state index contributed by atoms with van der Waals surface area (Å²) in [5.74, 6) is 1.84. The lowest BCUT2D eigenvalue weighted by Gasteiger charge is -2.48. The highest BCUT2D eigenvalue weighted by Gasteiger charge is 2.43. The van der Waals surface area contributed by atoms with Crippen LogP contribution < -0.4 is 5.32 Å². The van der Waals surface area contributed by atoms with E-state index >= 15 is 0 Å². The molecule has 3 aliphatic rings. The Labute approximate surface area is 125 Å². The largest absolute Gasteiger partial charge is 0.375 e. The summed E-state index contributed by atoms with van der Waals surface area (Å²) in [7, 11) is 0. The van der Waals surface area contributed by atoms with Gasteiger partial charge in [0.25, 0.3) is 0 Å². The molecule has 0 aromatic rings. The Hall–Kier alpha value is -0.0800. The van der Waals surface area contributed by atoms with Crippen molar-refractivity contribution in [2.45, 2.75) is 89.2 Å². The first-order valence-electron chi connectivity index (χ1n) is 9.20. The molecule has 2 saturated carbocycles. The van der Waals surface area contributed by atoms with Crippen molar-refractivity contribution < 1.29 is 4.74 Å². The first kappa shape index (κ1) is 14.8. The molecule has 1 heterocycles. The van der Waals surface area contributed by atoms with Crippen molar-refractivity contribution in [3.63, 3.8) is 0 Å². The van der Waals surface area contributed by atoms with E-state index < -0.39 is 0 Å². The van der Waals surface area contributed by atoms with Crippen molar-refractivity contribution in [2.24, 2.45) is 11.8 Å². The van der Waals surface area contributed by atoms with Gasteiger partial charge in [0.05, 0.1) is 5.60 Å². The summed E-state index contributed by atoms with van der Waals surface area (Å²) >= 11 is 0. The third-order valence-electron chi connectivity index (χ3n) is 6.09. The predicted molar refractivity (Wildman–Crippen MR) is 83.9 cm³/mol. The smallest absolute Gasteiger partial charge is 0.0685 e. The Kier molecular flexibility index (Phi) is 5.04. The summed E-state index contributed by atoms with van der Waals surface area (Å²) in [5, 5.41) is 3.91. The van der Waals surface area contributed by atoms with Crippen LogP contribution in [0.3, 0.4) is 0 Å². The molecule has 1 spiro atoms. The monoisotopic (exact) mass is 279 g/mol. The minimum absolute atomic E-state index is 0.275. The number of rotatable bonds is 5. The normalized spacial score (nSPS) is 31.9. The fourth-order valence-corrected chi connectivity index (χ4v) is 4.74. The van der Waals surface area contributed by atoms with E-state index in [0.29, 0.717) is 0 Å². The van der Waals surface area contributed by atoms with Gasteiger partial charge in [-0.3, -0.25) is 0 Å². The third-order valence-corrected chi connectivity index (χ3v) is 6.09. The van der Waals surface area contributed by atoms with Gasteiger partial charge in [0, 0.05) is 12.6 Å². The average molecular weight is 279 g/mol. The number of ether oxygens (including phenoxy) is 1. The summed E-state index contributed by atoms with van der Waals surface area (Å²) in [5.41, 5.74) is 0.275.